The number of benzene rings is 3. The van der Waals surface area contributed by atoms with Crippen molar-refractivity contribution in [3.05, 3.63) is 112 Å². The third-order valence-corrected chi connectivity index (χ3v) is 5.57. The summed E-state index contributed by atoms with van der Waals surface area (Å²) in [4.78, 5) is 16.0. The molecule has 0 unspecified atom stereocenters. The molecule has 2 heterocycles. The van der Waals surface area contributed by atoms with Gasteiger partial charge in [0.15, 0.2) is 0 Å². The average Bonchev–Trinajstić information content (AvgIpc) is 3.16. The molecule has 0 aliphatic carbocycles. The highest BCUT2D eigenvalue weighted by atomic mass is 19.1. The first-order valence-electron chi connectivity index (χ1n) is 10.8. The maximum absolute atomic E-state index is 14.0. The summed E-state index contributed by atoms with van der Waals surface area (Å²) in [6.45, 7) is 4.44. The normalized spacial score (nSPS) is 11.1. The summed E-state index contributed by atoms with van der Waals surface area (Å²) in [6.07, 6.45) is 0. The Morgan fingerprint density at radius 2 is 1.70 bits per heavy atom. The number of anilines is 1. The minimum atomic E-state index is -0.337. The maximum Gasteiger partial charge on any atom is 0.254 e. The van der Waals surface area contributed by atoms with E-state index in [-0.39, 0.29) is 11.4 Å². The Hall–Kier alpha value is -4.19. The van der Waals surface area contributed by atoms with E-state index in [1.54, 1.807) is 10.7 Å². The summed E-state index contributed by atoms with van der Waals surface area (Å²) >= 11 is 0. The van der Waals surface area contributed by atoms with Crippen molar-refractivity contribution >= 4 is 16.7 Å². The van der Waals surface area contributed by atoms with Crippen LogP contribution in [0.2, 0.25) is 0 Å². The van der Waals surface area contributed by atoms with Gasteiger partial charge in [-0.2, -0.15) is 5.10 Å². The Morgan fingerprint density at radius 1 is 0.939 bits per heavy atom. The number of halogens is 1. The first-order chi connectivity index (χ1) is 16.0. The van der Waals surface area contributed by atoms with Gasteiger partial charge < -0.3 is 10.3 Å². The van der Waals surface area contributed by atoms with E-state index >= 15 is 0 Å². The fourth-order valence-corrected chi connectivity index (χ4v) is 4.13. The largest absolute Gasteiger partial charge is 0.381 e. The van der Waals surface area contributed by atoms with Gasteiger partial charge in [0.2, 0.25) is 0 Å². The Labute approximate surface area is 190 Å². The van der Waals surface area contributed by atoms with Crippen molar-refractivity contribution in [3.8, 4) is 16.9 Å². The number of para-hydroxylation sites is 1. The number of aromatic nitrogens is 3. The quantitative estimate of drug-likeness (QED) is 0.367. The highest BCUT2D eigenvalue weighted by Crippen LogP contribution is 2.29. The Balaban J connectivity index is 1.63. The van der Waals surface area contributed by atoms with E-state index in [9.17, 15) is 9.18 Å². The van der Waals surface area contributed by atoms with Gasteiger partial charge in [-0.3, -0.25) is 4.79 Å². The van der Waals surface area contributed by atoms with Crippen LogP contribution in [0.3, 0.4) is 0 Å². The minimum absolute atomic E-state index is 0.192. The molecule has 0 bridgehead atoms. The van der Waals surface area contributed by atoms with Gasteiger partial charge in [0.25, 0.3) is 5.56 Å². The number of hydrogen-bond acceptors (Lipinski definition) is 3. The SMILES string of the molecule is Cc1cc(C)cc(NCc2cc3c(-c4cccc(F)c4)nn(-c4ccccc4)c3[nH]c2=O)c1. The molecule has 0 saturated heterocycles. The van der Waals surface area contributed by atoms with Crippen LogP contribution < -0.4 is 10.9 Å². The van der Waals surface area contributed by atoms with Gasteiger partial charge in [0.1, 0.15) is 17.2 Å². The first-order valence-corrected chi connectivity index (χ1v) is 10.8. The molecule has 6 heteroatoms. The van der Waals surface area contributed by atoms with E-state index in [0.717, 1.165) is 27.9 Å². The van der Waals surface area contributed by atoms with E-state index in [4.69, 9.17) is 5.10 Å². The number of nitrogens with one attached hydrogen (secondary N) is 2. The van der Waals surface area contributed by atoms with Gasteiger partial charge >= 0.3 is 0 Å². The zero-order chi connectivity index (χ0) is 22.9. The van der Waals surface area contributed by atoms with E-state index < -0.39 is 0 Å². The second-order valence-corrected chi connectivity index (χ2v) is 8.22. The van der Waals surface area contributed by atoms with Crippen molar-refractivity contribution in [2.24, 2.45) is 0 Å². The molecule has 0 saturated carbocycles. The van der Waals surface area contributed by atoms with Crippen molar-refractivity contribution in [3.63, 3.8) is 0 Å². The van der Waals surface area contributed by atoms with Crippen LogP contribution in [0.5, 0.6) is 0 Å². The lowest BCUT2D eigenvalue weighted by Gasteiger charge is -2.09. The number of nitrogens with zero attached hydrogens (tertiary/aromatic N) is 2. The van der Waals surface area contributed by atoms with Crippen LogP contribution in [0.15, 0.2) is 83.7 Å². The van der Waals surface area contributed by atoms with Gasteiger partial charge in [-0.1, -0.05) is 36.4 Å². The molecule has 2 aromatic heterocycles. The first kappa shape index (κ1) is 20.7. The average molecular weight is 439 g/mol. The van der Waals surface area contributed by atoms with Crippen molar-refractivity contribution in [1.82, 2.24) is 14.8 Å². The molecule has 5 nitrogen and oxygen atoms in total. The van der Waals surface area contributed by atoms with E-state index in [0.29, 0.717) is 29.0 Å². The number of pyridine rings is 1. The van der Waals surface area contributed by atoms with Gasteiger partial charge in [-0.05, 0) is 67.4 Å². The highest BCUT2D eigenvalue weighted by Gasteiger charge is 2.17. The summed E-state index contributed by atoms with van der Waals surface area (Å²) in [6, 6.07) is 23.9. The molecule has 0 spiro atoms. The number of aryl methyl sites for hydroxylation is 2. The van der Waals surface area contributed by atoms with Gasteiger partial charge in [-0.15, -0.1) is 0 Å². The van der Waals surface area contributed by atoms with Crippen LogP contribution in [-0.2, 0) is 6.54 Å². The predicted octanol–water partition coefficient (Wildman–Crippen LogP) is 5.75. The smallest absolute Gasteiger partial charge is 0.254 e. The molecule has 5 aromatic rings. The Morgan fingerprint density at radius 3 is 2.42 bits per heavy atom. The minimum Gasteiger partial charge on any atom is -0.381 e. The summed E-state index contributed by atoms with van der Waals surface area (Å²) < 4.78 is 15.7. The number of hydrogen-bond donors (Lipinski definition) is 2. The number of rotatable bonds is 5. The van der Waals surface area contributed by atoms with Crippen LogP contribution >= 0.6 is 0 Å². The van der Waals surface area contributed by atoms with Crippen LogP contribution in [0, 0.1) is 19.7 Å². The number of H-pyrrole nitrogens is 1. The van der Waals surface area contributed by atoms with Crippen LogP contribution in [-0.4, -0.2) is 14.8 Å². The van der Waals surface area contributed by atoms with E-state index in [1.807, 2.05) is 68.4 Å². The molecular formula is C27H23FN4O. The molecule has 2 N–H and O–H groups in total. The summed E-state index contributed by atoms with van der Waals surface area (Å²) in [7, 11) is 0. The Kier molecular flexibility index (Phi) is 5.26. The van der Waals surface area contributed by atoms with E-state index in [2.05, 4.69) is 16.4 Å². The topological polar surface area (TPSA) is 62.7 Å². The molecule has 164 valence electrons. The molecule has 33 heavy (non-hydrogen) atoms. The third kappa shape index (κ3) is 4.15. The highest BCUT2D eigenvalue weighted by molar-refractivity contribution is 5.92. The van der Waals surface area contributed by atoms with Gasteiger partial charge in [-0.25, -0.2) is 9.07 Å². The molecule has 0 aliphatic heterocycles. The number of fused-ring (bicyclic) bond motifs is 1. The molecular weight excluding hydrogens is 415 g/mol. The maximum atomic E-state index is 14.0. The van der Waals surface area contributed by atoms with Crippen LogP contribution in [0.1, 0.15) is 16.7 Å². The number of aromatic amines is 1. The second kappa shape index (κ2) is 8.39. The Bertz CT molecular complexity index is 1500. The second-order valence-electron chi connectivity index (χ2n) is 8.22. The van der Waals surface area contributed by atoms with E-state index in [1.165, 1.54) is 12.1 Å². The molecule has 5 rings (SSSR count). The summed E-state index contributed by atoms with van der Waals surface area (Å²) in [5, 5.41) is 8.85. The summed E-state index contributed by atoms with van der Waals surface area (Å²) in [5.41, 5.74) is 6.28. The summed E-state index contributed by atoms with van der Waals surface area (Å²) in [5.74, 6) is -0.337. The fourth-order valence-electron chi connectivity index (χ4n) is 4.13. The van der Waals surface area contributed by atoms with Crippen molar-refractivity contribution in [2.45, 2.75) is 20.4 Å². The van der Waals surface area contributed by atoms with Crippen molar-refractivity contribution < 1.29 is 4.39 Å². The van der Waals surface area contributed by atoms with Gasteiger partial charge in [0.05, 0.1) is 5.69 Å². The van der Waals surface area contributed by atoms with Crippen molar-refractivity contribution in [1.29, 1.82) is 0 Å². The van der Waals surface area contributed by atoms with Gasteiger partial charge in [0, 0.05) is 28.7 Å². The van der Waals surface area contributed by atoms with Crippen LogP contribution in [0.4, 0.5) is 10.1 Å². The molecule has 0 amide bonds. The molecule has 0 radical (unpaired) electrons. The molecule has 0 atom stereocenters. The predicted molar refractivity (Wildman–Crippen MR) is 130 cm³/mol. The standard InChI is InChI=1S/C27H23FN4O/c1-17-11-18(2)13-22(12-17)29-16-20-15-24-25(19-7-6-8-21(28)14-19)31-32(26(24)30-27(20)33)23-9-4-3-5-10-23/h3-15,29H,16H2,1-2H3,(H,30,33). The lowest BCUT2D eigenvalue weighted by atomic mass is 10.1. The molecule has 0 aliphatic rings. The fraction of sp³-hybridized carbons (Fsp3) is 0.111. The zero-order valence-corrected chi connectivity index (χ0v) is 18.4. The third-order valence-electron chi connectivity index (χ3n) is 5.57. The molecule has 3 aromatic carbocycles. The van der Waals surface area contributed by atoms with Crippen molar-refractivity contribution in [2.75, 3.05) is 5.32 Å². The lowest BCUT2D eigenvalue weighted by Crippen LogP contribution is -2.16. The lowest BCUT2D eigenvalue weighted by molar-refractivity contribution is 0.628. The zero-order valence-electron chi connectivity index (χ0n) is 18.4. The molecule has 0 fully saturated rings. The monoisotopic (exact) mass is 438 g/mol. The van der Waals surface area contributed by atoms with Crippen LogP contribution in [0.25, 0.3) is 28.0 Å².